The third-order valence-electron chi connectivity index (χ3n) is 4.97. The quantitative estimate of drug-likeness (QED) is 0.840. The van der Waals surface area contributed by atoms with Crippen LogP contribution in [0.25, 0.3) is 0 Å². The van der Waals surface area contributed by atoms with Crippen LogP contribution in [0.2, 0.25) is 0 Å². The van der Waals surface area contributed by atoms with Gasteiger partial charge in [0, 0.05) is 19.1 Å². The van der Waals surface area contributed by atoms with Crippen LogP contribution in [0.4, 0.5) is 4.39 Å². The van der Waals surface area contributed by atoms with E-state index in [1.165, 1.54) is 12.1 Å². The van der Waals surface area contributed by atoms with Crippen molar-refractivity contribution in [2.24, 2.45) is 5.92 Å². The van der Waals surface area contributed by atoms with Crippen molar-refractivity contribution in [3.8, 4) is 0 Å². The van der Waals surface area contributed by atoms with E-state index in [1.807, 2.05) is 6.92 Å². The molecule has 0 aliphatic carbocycles. The molecule has 0 aromatic heterocycles. The number of amides is 1. The fourth-order valence-electron chi connectivity index (χ4n) is 3.38. The summed E-state index contributed by atoms with van der Waals surface area (Å²) in [6, 6.07) is 3.34. The Morgan fingerprint density at radius 3 is 2.68 bits per heavy atom. The summed E-state index contributed by atoms with van der Waals surface area (Å²) in [6.07, 6.45) is 2.52. The predicted octanol–water partition coefficient (Wildman–Crippen LogP) is 1.34. The maximum atomic E-state index is 14.4. The van der Waals surface area contributed by atoms with Gasteiger partial charge < -0.3 is 10.2 Å². The van der Waals surface area contributed by atoms with Crippen molar-refractivity contribution < 1.29 is 17.6 Å². The topological polar surface area (TPSA) is 78.5 Å². The number of piperidine rings is 1. The molecule has 0 radical (unpaired) electrons. The summed E-state index contributed by atoms with van der Waals surface area (Å²) in [4.78, 5) is 13.8. The molecule has 3 rings (SSSR count). The molecular formula is C17H24FN3O3S. The lowest BCUT2D eigenvalue weighted by Gasteiger charge is -2.30. The van der Waals surface area contributed by atoms with E-state index in [9.17, 15) is 17.6 Å². The molecule has 1 amide bonds. The summed E-state index contributed by atoms with van der Waals surface area (Å²) >= 11 is 0. The van der Waals surface area contributed by atoms with Gasteiger partial charge in [0.25, 0.3) is 5.91 Å². The van der Waals surface area contributed by atoms with Gasteiger partial charge in [0.2, 0.25) is 10.0 Å². The first-order valence-electron chi connectivity index (χ1n) is 8.70. The first-order valence-corrected chi connectivity index (χ1v) is 10.2. The molecule has 138 valence electrons. The van der Waals surface area contributed by atoms with E-state index in [1.54, 1.807) is 4.90 Å². The lowest BCUT2D eigenvalue weighted by molar-refractivity contribution is 0.0788. The van der Waals surface area contributed by atoms with Gasteiger partial charge in [-0.3, -0.25) is 4.79 Å². The molecule has 1 aromatic rings. The summed E-state index contributed by atoms with van der Waals surface area (Å²) in [7, 11) is -3.82. The third kappa shape index (κ3) is 4.02. The van der Waals surface area contributed by atoms with Crippen molar-refractivity contribution in [2.75, 3.05) is 26.2 Å². The van der Waals surface area contributed by atoms with Crippen molar-refractivity contribution >= 4 is 15.9 Å². The SMILES string of the molecule is CC1CNCCC1NS(=O)(=O)c1ccc(C(=O)N2CCCC2)c(F)c1. The Morgan fingerprint density at radius 2 is 2.04 bits per heavy atom. The number of nitrogens with zero attached hydrogens (tertiary/aromatic N) is 1. The summed E-state index contributed by atoms with van der Waals surface area (Å²) in [5, 5.41) is 3.21. The second-order valence-electron chi connectivity index (χ2n) is 6.84. The second kappa shape index (κ2) is 7.39. The lowest BCUT2D eigenvalue weighted by atomic mass is 9.97. The number of sulfonamides is 1. The minimum Gasteiger partial charge on any atom is -0.339 e. The fourth-order valence-corrected chi connectivity index (χ4v) is 4.77. The van der Waals surface area contributed by atoms with E-state index in [0.717, 1.165) is 32.0 Å². The number of nitrogens with one attached hydrogen (secondary N) is 2. The molecule has 2 aliphatic heterocycles. The van der Waals surface area contributed by atoms with Gasteiger partial charge in [0.15, 0.2) is 0 Å². The van der Waals surface area contributed by atoms with Crippen molar-refractivity contribution in [3.63, 3.8) is 0 Å². The highest BCUT2D eigenvalue weighted by Crippen LogP contribution is 2.20. The normalized spacial score (nSPS) is 24.5. The molecule has 1 aromatic carbocycles. The molecule has 2 saturated heterocycles. The number of rotatable bonds is 4. The second-order valence-corrected chi connectivity index (χ2v) is 8.55. The smallest absolute Gasteiger partial charge is 0.256 e. The summed E-state index contributed by atoms with van der Waals surface area (Å²) in [5.41, 5.74) is -0.0731. The van der Waals surface area contributed by atoms with Crippen LogP contribution < -0.4 is 10.0 Å². The average Bonchev–Trinajstić information content (AvgIpc) is 3.10. The van der Waals surface area contributed by atoms with E-state index >= 15 is 0 Å². The number of halogens is 1. The van der Waals surface area contributed by atoms with E-state index in [4.69, 9.17) is 0 Å². The van der Waals surface area contributed by atoms with Crippen LogP contribution in [0.15, 0.2) is 23.1 Å². The van der Waals surface area contributed by atoms with Crippen LogP contribution in [0.3, 0.4) is 0 Å². The first kappa shape index (κ1) is 18.3. The van der Waals surface area contributed by atoms with Crippen LogP contribution in [-0.2, 0) is 10.0 Å². The molecule has 0 saturated carbocycles. The molecule has 2 fully saturated rings. The van der Waals surface area contributed by atoms with Crippen molar-refractivity contribution in [1.82, 2.24) is 14.9 Å². The number of likely N-dealkylation sites (tertiary alicyclic amines) is 1. The molecule has 0 bridgehead atoms. The molecule has 25 heavy (non-hydrogen) atoms. The highest BCUT2D eigenvalue weighted by Gasteiger charge is 2.28. The van der Waals surface area contributed by atoms with Crippen molar-refractivity contribution in [2.45, 2.75) is 37.1 Å². The van der Waals surface area contributed by atoms with Crippen LogP contribution in [-0.4, -0.2) is 51.4 Å². The number of benzene rings is 1. The lowest BCUT2D eigenvalue weighted by Crippen LogP contribution is -2.48. The average molecular weight is 369 g/mol. The fraction of sp³-hybridized carbons (Fsp3) is 0.588. The van der Waals surface area contributed by atoms with Crippen LogP contribution in [0.1, 0.15) is 36.5 Å². The zero-order valence-corrected chi connectivity index (χ0v) is 15.1. The zero-order valence-electron chi connectivity index (χ0n) is 14.3. The van der Waals surface area contributed by atoms with Gasteiger partial charge in [-0.2, -0.15) is 0 Å². The van der Waals surface area contributed by atoms with Gasteiger partial charge in [-0.05, 0) is 56.5 Å². The Bertz CT molecular complexity index is 748. The van der Waals surface area contributed by atoms with Crippen LogP contribution in [0.5, 0.6) is 0 Å². The van der Waals surface area contributed by atoms with Gasteiger partial charge in [-0.15, -0.1) is 0 Å². The van der Waals surface area contributed by atoms with Crippen LogP contribution >= 0.6 is 0 Å². The molecule has 2 atom stereocenters. The maximum absolute atomic E-state index is 14.4. The maximum Gasteiger partial charge on any atom is 0.256 e. The minimum atomic E-state index is -3.82. The molecule has 0 spiro atoms. The Labute approximate surface area is 147 Å². The van der Waals surface area contributed by atoms with Gasteiger partial charge in [0.1, 0.15) is 5.82 Å². The number of hydrogen-bond acceptors (Lipinski definition) is 4. The van der Waals surface area contributed by atoms with Gasteiger partial charge in [-0.25, -0.2) is 17.5 Å². The summed E-state index contributed by atoms with van der Waals surface area (Å²) in [5.74, 6) is -1.01. The highest BCUT2D eigenvalue weighted by atomic mass is 32.2. The third-order valence-corrected chi connectivity index (χ3v) is 6.45. The van der Waals surface area contributed by atoms with E-state index < -0.39 is 15.8 Å². The Morgan fingerprint density at radius 1 is 1.32 bits per heavy atom. The first-order chi connectivity index (χ1) is 11.9. The van der Waals surface area contributed by atoms with Crippen molar-refractivity contribution in [1.29, 1.82) is 0 Å². The molecule has 8 heteroatoms. The number of carbonyl (C=O) groups is 1. The number of carbonyl (C=O) groups excluding carboxylic acids is 1. The number of hydrogen-bond donors (Lipinski definition) is 2. The molecule has 2 unspecified atom stereocenters. The van der Waals surface area contributed by atoms with Gasteiger partial charge in [-0.1, -0.05) is 6.92 Å². The highest BCUT2D eigenvalue weighted by molar-refractivity contribution is 7.89. The van der Waals surface area contributed by atoms with Crippen LogP contribution in [0, 0.1) is 11.7 Å². The van der Waals surface area contributed by atoms with Gasteiger partial charge >= 0.3 is 0 Å². The summed E-state index contributed by atoms with van der Waals surface area (Å²) in [6.45, 7) is 4.69. The van der Waals surface area contributed by atoms with Crippen molar-refractivity contribution in [3.05, 3.63) is 29.6 Å². The largest absolute Gasteiger partial charge is 0.339 e. The Kier molecular flexibility index (Phi) is 5.41. The van der Waals surface area contributed by atoms with E-state index in [0.29, 0.717) is 19.5 Å². The minimum absolute atomic E-state index is 0.0731. The van der Waals surface area contributed by atoms with Gasteiger partial charge in [0.05, 0.1) is 10.5 Å². The monoisotopic (exact) mass is 369 g/mol. The molecule has 2 N–H and O–H groups in total. The Balaban J connectivity index is 1.78. The standard InChI is InChI=1S/C17H24FN3O3S/c1-12-11-19-7-6-16(12)20-25(23,24)13-4-5-14(15(18)10-13)17(22)21-8-2-3-9-21/h4-5,10,12,16,19-20H,2-3,6-9,11H2,1H3. The molecule has 2 aliphatic rings. The molecular weight excluding hydrogens is 345 g/mol. The predicted molar refractivity (Wildman–Crippen MR) is 92.3 cm³/mol. The Hall–Kier alpha value is -1.51. The van der Waals surface area contributed by atoms with E-state index in [-0.39, 0.29) is 28.3 Å². The zero-order chi connectivity index (χ0) is 18.0. The molecule has 6 nitrogen and oxygen atoms in total. The summed E-state index contributed by atoms with van der Waals surface area (Å²) < 4.78 is 42.1. The van der Waals surface area contributed by atoms with E-state index in [2.05, 4.69) is 10.0 Å². The molecule has 2 heterocycles.